The quantitative estimate of drug-likeness (QED) is 0.696. The largest absolute Gasteiger partial charge is 0.381 e. The van der Waals surface area contributed by atoms with E-state index < -0.39 is 0 Å². The van der Waals surface area contributed by atoms with Gasteiger partial charge < -0.3 is 9.64 Å². The molecule has 15 heavy (non-hydrogen) atoms. The summed E-state index contributed by atoms with van der Waals surface area (Å²) in [6, 6.07) is 0.724. The second-order valence-electron chi connectivity index (χ2n) is 5.73. The summed E-state index contributed by atoms with van der Waals surface area (Å²) >= 11 is 0. The number of piperidine rings is 1. The molecule has 0 amide bonds. The lowest BCUT2D eigenvalue weighted by Gasteiger charge is -2.41. The summed E-state index contributed by atoms with van der Waals surface area (Å²) < 4.78 is 5.50. The molecule has 2 nitrogen and oxygen atoms in total. The number of rotatable bonds is 2. The fourth-order valence-corrected chi connectivity index (χ4v) is 3.32. The third-order valence-electron chi connectivity index (χ3n) is 4.58. The second kappa shape index (κ2) is 4.42. The zero-order chi connectivity index (χ0) is 10.9. The van der Waals surface area contributed by atoms with E-state index in [1.807, 2.05) is 7.11 Å². The summed E-state index contributed by atoms with van der Waals surface area (Å²) in [5.74, 6) is 0. The van der Waals surface area contributed by atoms with Gasteiger partial charge in [0.1, 0.15) is 0 Å². The topological polar surface area (TPSA) is 12.5 Å². The highest BCUT2D eigenvalue weighted by Crippen LogP contribution is 2.47. The summed E-state index contributed by atoms with van der Waals surface area (Å²) in [4.78, 5) is 2.62. The zero-order valence-electron chi connectivity index (χ0n) is 10.5. The van der Waals surface area contributed by atoms with Crippen LogP contribution in [0.2, 0.25) is 0 Å². The van der Waals surface area contributed by atoms with Gasteiger partial charge in [-0.25, -0.2) is 0 Å². The fourth-order valence-electron chi connectivity index (χ4n) is 3.32. The van der Waals surface area contributed by atoms with Crippen LogP contribution in [-0.2, 0) is 4.74 Å². The maximum atomic E-state index is 5.50. The summed E-state index contributed by atoms with van der Waals surface area (Å²) in [6.07, 6.45) is 7.34. The SMILES string of the molecule is COC1CCC2(CCN(C(C)C)CC2)C1. The van der Waals surface area contributed by atoms with Gasteiger partial charge in [0, 0.05) is 13.2 Å². The van der Waals surface area contributed by atoms with Crippen molar-refractivity contribution in [3.63, 3.8) is 0 Å². The van der Waals surface area contributed by atoms with Gasteiger partial charge in [-0.15, -0.1) is 0 Å². The van der Waals surface area contributed by atoms with Gasteiger partial charge in [0.05, 0.1) is 6.10 Å². The van der Waals surface area contributed by atoms with Gasteiger partial charge in [-0.2, -0.15) is 0 Å². The molecule has 1 spiro atoms. The van der Waals surface area contributed by atoms with Crippen molar-refractivity contribution in [2.75, 3.05) is 20.2 Å². The molecule has 0 N–H and O–H groups in total. The number of nitrogens with zero attached hydrogens (tertiary/aromatic N) is 1. The van der Waals surface area contributed by atoms with Gasteiger partial charge in [-0.1, -0.05) is 0 Å². The molecule has 1 saturated heterocycles. The van der Waals surface area contributed by atoms with Gasteiger partial charge in [-0.05, 0) is 64.5 Å². The summed E-state index contributed by atoms with van der Waals surface area (Å²) in [7, 11) is 1.87. The molecule has 0 radical (unpaired) electrons. The van der Waals surface area contributed by atoms with Crippen LogP contribution in [0.5, 0.6) is 0 Å². The van der Waals surface area contributed by atoms with E-state index in [2.05, 4.69) is 18.7 Å². The molecule has 2 fully saturated rings. The van der Waals surface area contributed by atoms with Gasteiger partial charge in [0.15, 0.2) is 0 Å². The lowest BCUT2D eigenvalue weighted by molar-refractivity contribution is 0.0575. The highest BCUT2D eigenvalue weighted by molar-refractivity contribution is 4.93. The van der Waals surface area contributed by atoms with Crippen LogP contribution < -0.4 is 0 Å². The molecule has 2 heteroatoms. The summed E-state index contributed by atoms with van der Waals surface area (Å²) in [6.45, 7) is 7.22. The Morgan fingerprint density at radius 2 is 1.87 bits per heavy atom. The van der Waals surface area contributed by atoms with Crippen molar-refractivity contribution in [1.29, 1.82) is 0 Å². The Kier molecular flexibility index (Phi) is 3.36. The first-order valence-corrected chi connectivity index (χ1v) is 6.42. The second-order valence-corrected chi connectivity index (χ2v) is 5.73. The molecule has 1 unspecified atom stereocenters. The van der Waals surface area contributed by atoms with Crippen molar-refractivity contribution >= 4 is 0 Å². The van der Waals surface area contributed by atoms with Crippen molar-refractivity contribution in [3.8, 4) is 0 Å². The minimum Gasteiger partial charge on any atom is -0.381 e. The molecule has 2 rings (SSSR count). The van der Waals surface area contributed by atoms with E-state index in [0.717, 1.165) is 6.04 Å². The molecule has 0 aromatic carbocycles. The Labute approximate surface area is 94.0 Å². The van der Waals surface area contributed by atoms with E-state index in [0.29, 0.717) is 11.5 Å². The Morgan fingerprint density at radius 1 is 1.20 bits per heavy atom. The Balaban J connectivity index is 1.87. The van der Waals surface area contributed by atoms with Crippen molar-refractivity contribution in [1.82, 2.24) is 4.90 Å². The summed E-state index contributed by atoms with van der Waals surface area (Å²) in [5.41, 5.74) is 0.645. The van der Waals surface area contributed by atoms with Crippen LogP contribution in [0.15, 0.2) is 0 Å². The van der Waals surface area contributed by atoms with E-state index in [1.54, 1.807) is 0 Å². The lowest BCUT2D eigenvalue weighted by atomic mass is 9.76. The van der Waals surface area contributed by atoms with Crippen LogP contribution in [0.25, 0.3) is 0 Å². The van der Waals surface area contributed by atoms with E-state index in [9.17, 15) is 0 Å². The molecular weight excluding hydrogens is 186 g/mol. The van der Waals surface area contributed by atoms with Gasteiger partial charge in [0.2, 0.25) is 0 Å². The molecule has 1 aliphatic heterocycles. The van der Waals surface area contributed by atoms with Crippen molar-refractivity contribution < 1.29 is 4.74 Å². The highest BCUT2D eigenvalue weighted by Gasteiger charge is 2.41. The number of likely N-dealkylation sites (tertiary alicyclic amines) is 1. The highest BCUT2D eigenvalue weighted by atomic mass is 16.5. The predicted octanol–water partition coefficient (Wildman–Crippen LogP) is 2.68. The first kappa shape index (κ1) is 11.4. The van der Waals surface area contributed by atoms with Gasteiger partial charge in [-0.3, -0.25) is 0 Å². The molecular formula is C13H25NO. The number of hydrogen-bond donors (Lipinski definition) is 0. The average Bonchev–Trinajstić information content (AvgIpc) is 2.62. The predicted molar refractivity (Wildman–Crippen MR) is 63.0 cm³/mol. The van der Waals surface area contributed by atoms with E-state index in [1.165, 1.54) is 45.2 Å². The molecule has 0 bridgehead atoms. The molecule has 1 saturated carbocycles. The van der Waals surface area contributed by atoms with Crippen molar-refractivity contribution in [3.05, 3.63) is 0 Å². The molecule has 1 aliphatic carbocycles. The van der Waals surface area contributed by atoms with E-state index in [4.69, 9.17) is 4.74 Å². The summed E-state index contributed by atoms with van der Waals surface area (Å²) in [5, 5.41) is 0. The molecule has 1 atom stereocenters. The van der Waals surface area contributed by atoms with E-state index in [-0.39, 0.29) is 0 Å². The number of ether oxygens (including phenoxy) is 1. The standard InChI is InChI=1S/C13H25NO/c1-11(2)14-8-6-13(7-9-14)5-4-12(10-13)15-3/h11-12H,4-10H2,1-3H3. The van der Waals surface area contributed by atoms with Crippen molar-refractivity contribution in [2.45, 2.75) is 58.1 Å². The Bertz CT molecular complexity index is 207. The van der Waals surface area contributed by atoms with E-state index >= 15 is 0 Å². The van der Waals surface area contributed by atoms with Crippen LogP contribution in [0.1, 0.15) is 46.0 Å². The minimum atomic E-state index is 0.551. The molecule has 2 aliphatic rings. The van der Waals surface area contributed by atoms with Crippen LogP contribution in [0.4, 0.5) is 0 Å². The van der Waals surface area contributed by atoms with Crippen LogP contribution in [0.3, 0.4) is 0 Å². The molecule has 0 aromatic rings. The molecule has 1 heterocycles. The van der Waals surface area contributed by atoms with Gasteiger partial charge >= 0.3 is 0 Å². The Morgan fingerprint density at radius 3 is 2.33 bits per heavy atom. The van der Waals surface area contributed by atoms with Crippen LogP contribution in [0, 0.1) is 5.41 Å². The first-order valence-electron chi connectivity index (χ1n) is 6.42. The fraction of sp³-hybridized carbons (Fsp3) is 1.00. The zero-order valence-corrected chi connectivity index (χ0v) is 10.5. The van der Waals surface area contributed by atoms with Crippen LogP contribution >= 0.6 is 0 Å². The number of hydrogen-bond acceptors (Lipinski definition) is 2. The lowest BCUT2D eigenvalue weighted by Crippen LogP contribution is -2.42. The van der Waals surface area contributed by atoms with Crippen molar-refractivity contribution in [2.24, 2.45) is 5.41 Å². The van der Waals surface area contributed by atoms with Crippen LogP contribution in [-0.4, -0.2) is 37.2 Å². The maximum absolute atomic E-state index is 5.50. The molecule has 0 aromatic heterocycles. The first-order chi connectivity index (χ1) is 7.15. The maximum Gasteiger partial charge on any atom is 0.0576 e. The Hall–Kier alpha value is -0.0800. The smallest absolute Gasteiger partial charge is 0.0576 e. The molecule has 88 valence electrons. The van der Waals surface area contributed by atoms with Gasteiger partial charge in [0.25, 0.3) is 0 Å². The average molecular weight is 211 g/mol. The normalized spacial score (nSPS) is 31.6. The monoisotopic (exact) mass is 211 g/mol. The minimum absolute atomic E-state index is 0.551. The number of methoxy groups -OCH3 is 1. The third-order valence-corrected chi connectivity index (χ3v) is 4.58. The third kappa shape index (κ3) is 2.36.